The first-order valence-corrected chi connectivity index (χ1v) is 7.45. The zero-order valence-corrected chi connectivity index (χ0v) is 12.2. The predicted octanol–water partition coefficient (Wildman–Crippen LogP) is 1.59. The van der Waals surface area contributed by atoms with Gasteiger partial charge in [-0.05, 0) is 38.4 Å². The summed E-state index contributed by atoms with van der Waals surface area (Å²) < 4.78 is 5.85. The molecule has 1 aromatic rings. The van der Waals surface area contributed by atoms with Crippen molar-refractivity contribution in [1.29, 1.82) is 0 Å². The Labute approximate surface area is 124 Å². The Balaban J connectivity index is 1.73. The Hall–Kier alpha value is -1.59. The van der Waals surface area contributed by atoms with Crippen molar-refractivity contribution >= 4 is 5.97 Å². The molecule has 2 N–H and O–H groups in total. The number of aliphatic hydroxyl groups excluding tert-OH is 1. The number of ether oxygens (including phenoxy) is 1. The van der Waals surface area contributed by atoms with Crippen molar-refractivity contribution in [3.05, 3.63) is 29.3 Å². The van der Waals surface area contributed by atoms with Crippen molar-refractivity contribution in [1.82, 2.24) is 4.90 Å². The summed E-state index contributed by atoms with van der Waals surface area (Å²) in [4.78, 5) is 13.2. The second-order valence-corrected chi connectivity index (χ2v) is 5.96. The third-order valence-electron chi connectivity index (χ3n) is 4.67. The Morgan fingerprint density at radius 3 is 2.71 bits per heavy atom. The van der Waals surface area contributed by atoms with Gasteiger partial charge in [-0.15, -0.1) is 0 Å². The summed E-state index contributed by atoms with van der Waals surface area (Å²) in [6.45, 7) is 3.83. The number of fused-ring (bicyclic) bond motifs is 1. The highest BCUT2D eigenvalue weighted by atomic mass is 16.5. The highest BCUT2D eigenvalue weighted by Gasteiger charge is 2.36. The van der Waals surface area contributed by atoms with Gasteiger partial charge in [0.05, 0.1) is 12.0 Å². The van der Waals surface area contributed by atoms with Gasteiger partial charge < -0.3 is 14.9 Å². The Morgan fingerprint density at radius 1 is 1.33 bits per heavy atom. The van der Waals surface area contributed by atoms with Crippen LogP contribution in [0.1, 0.15) is 30.1 Å². The number of aliphatic hydroxyl groups is 1. The Morgan fingerprint density at radius 2 is 2.05 bits per heavy atom. The summed E-state index contributed by atoms with van der Waals surface area (Å²) in [5.74, 6) is -0.171. The van der Waals surface area contributed by atoms with E-state index in [1.54, 1.807) is 0 Å². The van der Waals surface area contributed by atoms with Gasteiger partial charge in [-0.1, -0.05) is 18.2 Å². The number of piperidine rings is 1. The summed E-state index contributed by atoms with van der Waals surface area (Å²) in [5.41, 5.74) is 1.88. The molecule has 0 saturated carbocycles. The summed E-state index contributed by atoms with van der Waals surface area (Å²) in [5, 5.41) is 19.7. The molecule has 1 fully saturated rings. The number of carbonyl (C=O) groups is 1. The van der Waals surface area contributed by atoms with Crippen molar-refractivity contribution < 1.29 is 19.7 Å². The molecule has 2 atom stereocenters. The minimum Gasteiger partial charge on any atom is -0.491 e. The molecule has 2 aliphatic rings. The zero-order chi connectivity index (χ0) is 15.0. The van der Waals surface area contributed by atoms with Crippen LogP contribution in [0.25, 0.3) is 0 Å². The van der Waals surface area contributed by atoms with Gasteiger partial charge in [0, 0.05) is 5.56 Å². The molecule has 2 heterocycles. The van der Waals surface area contributed by atoms with Crippen LogP contribution in [-0.4, -0.2) is 46.8 Å². The molecule has 0 spiro atoms. The van der Waals surface area contributed by atoms with E-state index in [0.29, 0.717) is 32.5 Å². The average molecular weight is 291 g/mol. The lowest BCUT2D eigenvalue weighted by Crippen LogP contribution is -2.49. The molecule has 2 unspecified atom stereocenters. The molecule has 2 aliphatic heterocycles. The van der Waals surface area contributed by atoms with E-state index in [9.17, 15) is 9.90 Å². The normalized spacial score (nSPS) is 27.0. The number of benzene rings is 1. The standard InChI is InChI=1S/C16H21NO4/c1-10-3-2-4-12-14(18)13(9-21-15(10)12)17-7-5-11(6-8-17)16(19)20/h2-4,11,13-14,18H,5-9H2,1H3,(H,19,20). The molecular formula is C16H21NO4. The molecule has 21 heavy (non-hydrogen) atoms. The summed E-state index contributed by atoms with van der Waals surface area (Å²) in [7, 11) is 0. The Bertz CT molecular complexity index is 537. The van der Waals surface area contributed by atoms with E-state index in [4.69, 9.17) is 9.84 Å². The molecule has 3 rings (SSSR count). The first-order valence-electron chi connectivity index (χ1n) is 7.45. The van der Waals surface area contributed by atoms with Gasteiger partial charge in [-0.2, -0.15) is 0 Å². The van der Waals surface area contributed by atoms with Crippen molar-refractivity contribution in [2.75, 3.05) is 19.7 Å². The topological polar surface area (TPSA) is 70.0 Å². The van der Waals surface area contributed by atoms with E-state index in [-0.39, 0.29) is 12.0 Å². The van der Waals surface area contributed by atoms with E-state index in [1.165, 1.54) is 0 Å². The number of aliphatic carboxylic acids is 1. The predicted molar refractivity (Wildman–Crippen MR) is 77.4 cm³/mol. The van der Waals surface area contributed by atoms with Gasteiger partial charge in [-0.3, -0.25) is 9.69 Å². The number of hydrogen-bond donors (Lipinski definition) is 2. The molecule has 5 heteroatoms. The van der Waals surface area contributed by atoms with Crippen molar-refractivity contribution in [2.45, 2.75) is 31.9 Å². The minimum absolute atomic E-state index is 0.0888. The molecule has 1 saturated heterocycles. The lowest BCUT2D eigenvalue weighted by atomic mass is 9.91. The van der Waals surface area contributed by atoms with Gasteiger partial charge in [0.25, 0.3) is 0 Å². The fourth-order valence-electron chi connectivity index (χ4n) is 3.36. The molecule has 0 aromatic heterocycles. The van der Waals surface area contributed by atoms with Gasteiger partial charge >= 0.3 is 5.97 Å². The number of carboxylic acids is 1. The smallest absolute Gasteiger partial charge is 0.306 e. The first kappa shape index (κ1) is 14.4. The van der Waals surface area contributed by atoms with Crippen LogP contribution < -0.4 is 4.74 Å². The number of carboxylic acid groups (broad SMARTS) is 1. The number of aryl methyl sites for hydroxylation is 1. The summed E-state index contributed by atoms with van der Waals surface area (Å²) in [6.07, 6.45) is 0.702. The highest BCUT2D eigenvalue weighted by Crippen LogP contribution is 2.37. The molecule has 5 nitrogen and oxygen atoms in total. The molecule has 0 bridgehead atoms. The molecule has 0 aliphatic carbocycles. The van der Waals surface area contributed by atoms with Crippen LogP contribution in [0.3, 0.4) is 0 Å². The molecular weight excluding hydrogens is 270 g/mol. The van der Waals surface area contributed by atoms with Crippen LogP contribution in [0.15, 0.2) is 18.2 Å². The zero-order valence-electron chi connectivity index (χ0n) is 12.2. The van der Waals surface area contributed by atoms with Crippen LogP contribution in [-0.2, 0) is 4.79 Å². The van der Waals surface area contributed by atoms with E-state index in [0.717, 1.165) is 16.9 Å². The van der Waals surface area contributed by atoms with Crippen LogP contribution >= 0.6 is 0 Å². The molecule has 0 radical (unpaired) electrons. The van der Waals surface area contributed by atoms with Crippen LogP contribution in [0.4, 0.5) is 0 Å². The number of likely N-dealkylation sites (tertiary alicyclic amines) is 1. The fourth-order valence-corrected chi connectivity index (χ4v) is 3.36. The van der Waals surface area contributed by atoms with Crippen LogP contribution in [0.2, 0.25) is 0 Å². The number of para-hydroxylation sites is 1. The van der Waals surface area contributed by atoms with Gasteiger partial charge in [-0.25, -0.2) is 0 Å². The first-order chi connectivity index (χ1) is 10.1. The number of nitrogens with zero attached hydrogens (tertiary/aromatic N) is 1. The van der Waals surface area contributed by atoms with Gasteiger partial charge in [0.2, 0.25) is 0 Å². The third kappa shape index (κ3) is 2.63. The molecule has 0 amide bonds. The Kier molecular flexibility index (Phi) is 3.87. The maximum atomic E-state index is 11.0. The third-order valence-corrected chi connectivity index (χ3v) is 4.67. The van der Waals surface area contributed by atoms with Crippen molar-refractivity contribution in [2.24, 2.45) is 5.92 Å². The van der Waals surface area contributed by atoms with Gasteiger partial charge in [0.1, 0.15) is 18.5 Å². The summed E-state index contributed by atoms with van der Waals surface area (Å²) in [6, 6.07) is 5.72. The molecule has 1 aromatic carbocycles. The second kappa shape index (κ2) is 5.66. The lowest BCUT2D eigenvalue weighted by molar-refractivity contribution is -0.143. The second-order valence-electron chi connectivity index (χ2n) is 5.96. The monoisotopic (exact) mass is 291 g/mol. The highest BCUT2D eigenvalue weighted by molar-refractivity contribution is 5.70. The van der Waals surface area contributed by atoms with E-state index in [1.807, 2.05) is 25.1 Å². The van der Waals surface area contributed by atoms with Crippen LogP contribution in [0.5, 0.6) is 5.75 Å². The maximum Gasteiger partial charge on any atom is 0.306 e. The largest absolute Gasteiger partial charge is 0.491 e. The lowest BCUT2D eigenvalue weighted by Gasteiger charge is -2.41. The van der Waals surface area contributed by atoms with Crippen LogP contribution in [0, 0.1) is 12.8 Å². The number of hydrogen-bond acceptors (Lipinski definition) is 4. The molecule has 114 valence electrons. The SMILES string of the molecule is Cc1cccc2c1OCC(N1CCC(C(=O)O)CC1)C2O. The van der Waals surface area contributed by atoms with E-state index in [2.05, 4.69) is 4.90 Å². The van der Waals surface area contributed by atoms with Crippen molar-refractivity contribution in [3.8, 4) is 5.75 Å². The minimum atomic E-state index is -0.712. The van der Waals surface area contributed by atoms with E-state index < -0.39 is 12.1 Å². The summed E-state index contributed by atoms with van der Waals surface area (Å²) >= 11 is 0. The number of rotatable bonds is 2. The van der Waals surface area contributed by atoms with Crippen molar-refractivity contribution in [3.63, 3.8) is 0 Å². The quantitative estimate of drug-likeness (QED) is 0.866. The van der Waals surface area contributed by atoms with E-state index >= 15 is 0 Å². The fraction of sp³-hybridized carbons (Fsp3) is 0.562. The maximum absolute atomic E-state index is 11.0. The van der Waals surface area contributed by atoms with Gasteiger partial charge in [0.15, 0.2) is 0 Å². The average Bonchev–Trinajstić information content (AvgIpc) is 2.49.